The molecule has 0 aliphatic carbocycles. The smallest absolute Gasteiger partial charge is 0.363 e. The molecule has 14 heavy (non-hydrogen) atoms. The molecule has 0 aliphatic rings. The van der Waals surface area contributed by atoms with Crippen LogP contribution in [0, 0.1) is 0 Å². The molecule has 0 fully saturated rings. The molecule has 2 aromatic rings. The van der Waals surface area contributed by atoms with Crippen LogP contribution in [0.5, 0.6) is 0 Å². The topological polar surface area (TPSA) is 110 Å². The summed E-state index contributed by atoms with van der Waals surface area (Å²) in [5.41, 5.74) is 4.54. The van der Waals surface area contributed by atoms with Gasteiger partial charge in [0.25, 0.3) is 0 Å². The van der Waals surface area contributed by atoms with E-state index in [1.54, 1.807) is 18.5 Å². The number of rotatable bonds is 0. The van der Waals surface area contributed by atoms with Crippen molar-refractivity contribution in [3.8, 4) is 0 Å². The Morgan fingerprint density at radius 1 is 1.29 bits per heavy atom. The molecule has 7 nitrogen and oxygen atoms in total. The third kappa shape index (κ3) is 3.90. The number of H-pyrrole nitrogens is 1. The average molecular weight is 192 g/mol. The van der Waals surface area contributed by atoms with Crippen molar-refractivity contribution < 1.29 is 0 Å². The van der Waals surface area contributed by atoms with E-state index < -0.39 is 5.69 Å². The van der Waals surface area contributed by atoms with E-state index in [2.05, 4.69) is 25.1 Å². The van der Waals surface area contributed by atoms with Crippen LogP contribution in [0.3, 0.4) is 0 Å². The van der Waals surface area contributed by atoms with E-state index in [1.807, 2.05) is 0 Å². The second kappa shape index (κ2) is 5.36. The number of aromatic amines is 1. The highest BCUT2D eigenvalue weighted by atomic mass is 16.1. The van der Waals surface area contributed by atoms with Crippen LogP contribution in [0.2, 0.25) is 0 Å². The van der Waals surface area contributed by atoms with Crippen molar-refractivity contribution in [2.24, 2.45) is 0 Å². The Morgan fingerprint density at radius 3 is 2.29 bits per heavy atom. The summed E-state index contributed by atoms with van der Waals surface area (Å²) in [5.74, 6) is 0.133. The number of aromatic nitrogens is 5. The second-order valence-electron chi connectivity index (χ2n) is 2.12. The molecule has 0 aromatic carbocycles. The standard InChI is InChI=1S/C4H4N2.C3H4N4O/c1-2-5-4-6-3-1;4-2-1-5-7-3(8)6-2/h1-4H;1H,(H3,4,6,7,8). The first kappa shape index (κ1) is 9.78. The van der Waals surface area contributed by atoms with E-state index in [0.717, 1.165) is 0 Å². The van der Waals surface area contributed by atoms with E-state index in [4.69, 9.17) is 5.73 Å². The number of hydrogen-bond acceptors (Lipinski definition) is 6. The summed E-state index contributed by atoms with van der Waals surface area (Å²) >= 11 is 0. The van der Waals surface area contributed by atoms with Crippen LogP contribution in [-0.4, -0.2) is 25.1 Å². The summed E-state index contributed by atoms with van der Waals surface area (Å²) in [6.07, 6.45) is 6.14. The van der Waals surface area contributed by atoms with Gasteiger partial charge in [0.2, 0.25) is 0 Å². The number of anilines is 1. The maximum absolute atomic E-state index is 10.2. The van der Waals surface area contributed by atoms with Crippen molar-refractivity contribution in [1.82, 2.24) is 25.1 Å². The van der Waals surface area contributed by atoms with Crippen molar-refractivity contribution in [3.05, 3.63) is 41.5 Å². The van der Waals surface area contributed by atoms with Crippen LogP contribution in [0.15, 0.2) is 35.8 Å². The Hall–Kier alpha value is -2.31. The molecular formula is C7H8N6O. The summed E-state index contributed by atoms with van der Waals surface area (Å²) < 4.78 is 0. The van der Waals surface area contributed by atoms with Crippen molar-refractivity contribution >= 4 is 5.82 Å². The lowest BCUT2D eigenvalue weighted by Gasteiger charge is -1.82. The summed E-state index contributed by atoms with van der Waals surface area (Å²) in [6.45, 7) is 0. The van der Waals surface area contributed by atoms with Gasteiger partial charge in [-0.15, -0.1) is 0 Å². The number of hydrogen-bond donors (Lipinski definition) is 2. The van der Waals surface area contributed by atoms with Gasteiger partial charge in [0, 0.05) is 12.4 Å². The fraction of sp³-hybridized carbons (Fsp3) is 0. The Balaban J connectivity index is 0.000000146. The quantitative estimate of drug-likeness (QED) is 0.566. The van der Waals surface area contributed by atoms with Gasteiger partial charge in [0.1, 0.15) is 12.1 Å². The molecule has 0 atom stereocenters. The van der Waals surface area contributed by atoms with Gasteiger partial charge < -0.3 is 5.73 Å². The van der Waals surface area contributed by atoms with E-state index in [-0.39, 0.29) is 5.82 Å². The summed E-state index contributed by atoms with van der Waals surface area (Å²) in [6, 6.07) is 1.78. The Kier molecular flexibility index (Phi) is 3.74. The SMILES string of the molecule is Nc1cn[nH]c(=O)n1.c1cncnc1. The van der Waals surface area contributed by atoms with Crippen LogP contribution >= 0.6 is 0 Å². The predicted molar refractivity (Wildman–Crippen MR) is 49.1 cm³/mol. The number of nitrogens with one attached hydrogen (secondary N) is 1. The first-order valence-corrected chi connectivity index (χ1v) is 3.66. The molecule has 2 aromatic heterocycles. The van der Waals surface area contributed by atoms with Gasteiger partial charge in [0.15, 0.2) is 0 Å². The lowest BCUT2D eigenvalue weighted by Crippen LogP contribution is -2.12. The fourth-order valence-corrected chi connectivity index (χ4v) is 0.578. The van der Waals surface area contributed by atoms with Gasteiger partial charge in [-0.25, -0.2) is 19.9 Å². The lowest BCUT2D eigenvalue weighted by molar-refractivity contribution is 0.921. The number of nitrogens with zero attached hydrogens (tertiary/aromatic N) is 4. The molecule has 7 heteroatoms. The Morgan fingerprint density at radius 2 is 2.00 bits per heavy atom. The molecule has 2 rings (SSSR count). The third-order valence-electron chi connectivity index (χ3n) is 1.07. The summed E-state index contributed by atoms with van der Waals surface area (Å²) in [5, 5.41) is 5.43. The number of nitrogens with two attached hydrogens (primary N) is 1. The van der Waals surface area contributed by atoms with Crippen molar-refractivity contribution in [3.63, 3.8) is 0 Å². The van der Waals surface area contributed by atoms with E-state index in [0.29, 0.717) is 0 Å². The van der Waals surface area contributed by atoms with E-state index in [9.17, 15) is 4.79 Å². The van der Waals surface area contributed by atoms with E-state index in [1.165, 1.54) is 12.5 Å². The first-order chi connectivity index (χ1) is 6.79. The summed E-state index contributed by atoms with van der Waals surface area (Å²) in [7, 11) is 0. The second-order valence-corrected chi connectivity index (χ2v) is 2.12. The highest BCUT2D eigenvalue weighted by Crippen LogP contribution is 1.78. The first-order valence-electron chi connectivity index (χ1n) is 3.66. The molecule has 0 saturated heterocycles. The molecule has 0 amide bonds. The average Bonchev–Trinajstić information content (AvgIpc) is 2.21. The van der Waals surface area contributed by atoms with Crippen LogP contribution in [0.25, 0.3) is 0 Å². The summed E-state index contributed by atoms with van der Waals surface area (Å²) in [4.78, 5) is 20.8. The predicted octanol–water partition coefficient (Wildman–Crippen LogP) is -0.776. The molecular weight excluding hydrogens is 184 g/mol. The van der Waals surface area contributed by atoms with Crippen molar-refractivity contribution in [2.45, 2.75) is 0 Å². The molecule has 0 radical (unpaired) electrons. The maximum Gasteiger partial charge on any atom is 0.363 e. The monoisotopic (exact) mass is 192 g/mol. The molecule has 0 bridgehead atoms. The van der Waals surface area contributed by atoms with Crippen molar-refractivity contribution in [2.75, 3.05) is 5.73 Å². The van der Waals surface area contributed by atoms with Crippen molar-refractivity contribution in [1.29, 1.82) is 0 Å². The Bertz CT molecular complexity index is 387. The number of nitrogen functional groups attached to an aromatic ring is 1. The zero-order valence-corrected chi connectivity index (χ0v) is 7.16. The molecule has 72 valence electrons. The molecule has 3 N–H and O–H groups in total. The van der Waals surface area contributed by atoms with Gasteiger partial charge in [-0.2, -0.15) is 10.1 Å². The fourth-order valence-electron chi connectivity index (χ4n) is 0.578. The van der Waals surface area contributed by atoms with Gasteiger partial charge in [-0.05, 0) is 6.07 Å². The molecule has 0 aliphatic heterocycles. The van der Waals surface area contributed by atoms with Gasteiger partial charge in [-0.3, -0.25) is 0 Å². The van der Waals surface area contributed by atoms with E-state index >= 15 is 0 Å². The largest absolute Gasteiger partial charge is 0.382 e. The third-order valence-corrected chi connectivity index (χ3v) is 1.07. The minimum Gasteiger partial charge on any atom is -0.382 e. The van der Waals surface area contributed by atoms with Gasteiger partial charge >= 0.3 is 5.69 Å². The minimum atomic E-state index is -0.523. The van der Waals surface area contributed by atoms with Crippen LogP contribution in [0.1, 0.15) is 0 Å². The zero-order valence-electron chi connectivity index (χ0n) is 7.16. The maximum atomic E-state index is 10.2. The van der Waals surface area contributed by atoms with Crippen LogP contribution in [-0.2, 0) is 0 Å². The highest BCUT2D eigenvalue weighted by Gasteiger charge is 1.83. The van der Waals surface area contributed by atoms with Gasteiger partial charge in [0.05, 0.1) is 6.20 Å². The van der Waals surface area contributed by atoms with Crippen LogP contribution < -0.4 is 11.4 Å². The minimum absolute atomic E-state index is 0.133. The molecule has 0 saturated carbocycles. The Labute approximate surface area is 79.1 Å². The molecule has 2 heterocycles. The zero-order chi connectivity index (χ0) is 10.2. The highest BCUT2D eigenvalue weighted by molar-refractivity contribution is 5.19. The molecule has 0 spiro atoms. The molecule has 0 unspecified atom stereocenters. The van der Waals surface area contributed by atoms with Crippen LogP contribution in [0.4, 0.5) is 5.82 Å². The van der Waals surface area contributed by atoms with Gasteiger partial charge in [-0.1, -0.05) is 0 Å². The lowest BCUT2D eigenvalue weighted by atomic mass is 10.7. The normalized spacial score (nSPS) is 8.57.